The van der Waals surface area contributed by atoms with Crippen LogP contribution in [0.5, 0.6) is 0 Å². The van der Waals surface area contributed by atoms with Crippen LogP contribution < -0.4 is 4.72 Å². The van der Waals surface area contributed by atoms with Gasteiger partial charge in [-0.25, -0.2) is 9.78 Å². The van der Waals surface area contributed by atoms with Crippen molar-refractivity contribution in [2.24, 2.45) is 0 Å². The number of carbonyl (C=O) groups is 1. The second-order valence-corrected chi connectivity index (χ2v) is 6.12. The molecule has 0 spiro atoms. The summed E-state index contributed by atoms with van der Waals surface area (Å²) in [5.41, 5.74) is 0.109. The summed E-state index contributed by atoms with van der Waals surface area (Å²) in [6.07, 6.45) is 2.39. The zero-order valence-corrected chi connectivity index (χ0v) is 11.7. The number of aromatic amines is 1. The summed E-state index contributed by atoms with van der Waals surface area (Å²) in [4.78, 5) is 17.0. The van der Waals surface area contributed by atoms with Crippen LogP contribution in [0.25, 0.3) is 0 Å². The van der Waals surface area contributed by atoms with Crippen LogP contribution in [0.1, 0.15) is 10.4 Å². The molecule has 2 rings (SSSR count). The zero-order valence-electron chi connectivity index (χ0n) is 9.29. The Kier molecular flexibility index (Phi) is 3.58. The second-order valence-electron chi connectivity index (χ2n) is 3.56. The minimum absolute atomic E-state index is 0.0308. The Hall–Kier alpha value is -1.87. The number of nitrogens with one attached hydrogen (secondary N) is 2. The lowest BCUT2D eigenvalue weighted by molar-refractivity contribution is 0.0697. The molecule has 9 heteroatoms. The van der Waals surface area contributed by atoms with Crippen molar-refractivity contribution in [3.05, 3.63) is 40.8 Å². The minimum atomic E-state index is -3.81. The summed E-state index contributed by atoms with van der Waals surface area (Å²) in [5, 5.41) is 8.79. The Balaban J connectivity index is 2.37. The average molecular weight is 346 g/mol. The van der Waals surface area contributed by atoms with Gasteiger partial charge in [0.1, 0.15) is 0 Å². The number of anilines is 1. The fourth-order valence-corrected chi connectivity index (χ4v) is 2.81. The van der Waals surface area contributed by atoms with Crippen LogP contribution in [0.2, 0.25) is 0 Å². The lowest BCUT2D eigenvalue weighted by Crippen LogP contribution is -2.13. The molecule has 100 valence electrons. The Morgan fingerprint density at radius 1 is 1.37 bits per heavy atom. The van der Waals surface area contributed by atoms with Crippen LogP contribution in [0.4, 0.5) is 5.69 Å². The lowest BCUT2D eigenvalue weighted by Gasteiger charge is -2.07. The molecule has 1 aromatic heterocycles. The SMILES string of the molecule is O=C(O)c1cc(Br)cc(NS(=O)(=O)c2cnc[nH]2)c1. The Morgan fingerprint density at radius 2 is 2.11 bits per heavy atom. The van der Waals surface area contributed by atoms with Gasteiger partial charge in [0.2, 0.25) is 0 Å². The van der Waals surface area contributed by atoms with Crippen molar-refractivity contribution in [1.82, 2.24) is 9.97 Å². The highest BCUT2D eigenvalue weighted by Crippen LogP contribution is 2.22. The summed E-state index contributed by atoms with van der Waals surface area (Å²) < 4.78 is 26.5. The quantitative estimate of drug-likeness (QED) is 0.780. The van der Waals surface area contributed by atoms with Crippen molar-refractivity contribution >= 4 is 37.6 Å². The molecule has 0 radical (unpaired) electrons. The predicted molar refractivity (Wildman–Crippen MR) is 70.5 cm³/mol. The van der Waals surface area contributed by atoms with Gasteiger partial charge in [-0.05, 0) is 18.2 Å². The van der Waals surface area contributed by atoms with E-state index < -0.39 is 16.0 Å². The van der Waals surface area contributed by atoms with E-state index >= 15 is 0 Å². The van der Waals surface area contributed by atoms with Gasteiger partial charge in [-0.15, -0.1) is 0 Å². The number of carboxylic acids is 1. The van der Waals surface area contributed by atoms with Crippen LogP contribution in [0, 0.1) is 0 Å². The molecule has 0 unspecified atom stereocenters. The Morgan fingerprint density at radius 3 is 2.68 bits per heavy atom. The first-order chi connectivity index (χ1) is 8.88. The third kappa shape index (κ3) is 3.12. The van der Waals surface area contributed by atoms with Crippen molar-refractivity contribution < 1.29 is 18.3 Å². The highest BCUT2D eigenvalue weighted by Gasteiger charge is 2.16. The number of hydrogen-bond donors (Lipinski definition) is 3. The number of benzene rings is 1. The second kappa shape index (κ2) is 5.02. The molecule has 0 saturated heterocycles. The third-order valence-corrected chi connectivity index (χ3v) is 3.92. The van der Waals surface area contributed by atoms with Gasteiger partial charge in [0.25, 0.3) is 10.0 Å². The first-order valence-corrected chi connectivity index (χ1v) is 7.21. The molecule has 7 nitrogen and oxygen atoms in total. The molecule has 0 bridgehead atoms. The van der Waals surface area contributed by atoms with E-state index in [4.69, 9.17) is 5.11 Å². The van der Waals surface area contributed by atoms with E-state index in [9.17, 15) is 13.2 Å². The summed E-state index contributed by atoms with van der Waals surface area (Å²) in [7, 11) is -3.81. The van der Waals surface area contributed by atoms with Crippen LogP contribution in [-0.4, -0.2) is 29.5 Å². The summed E-state index contributed by atoms with van der Waals surface area (Å²) in [6, 6.07) is 4.05. The monoisotopic (exact) mass is 345 g/mol. The molecule has 0 aliphatic rings. The first kappa shape index (κ1) is 13.6. The molecular formula is C10H8BrN3O4S. The Labute approximate surface area is 116 Å². The van der Waals surface area contributed by atoms with E-state index in [0.717, 1.165) is 6.20 Å². The van der Waals surface area contributed by atoms with E-state index in [2.05, 4.69) is 30.6 Å². The smallest absolute Gasteiger partial charge is 0.335 e. The molecule has 0 atom stereocenters. The van der Waals surface area contributed by atoms with Crippen molar-refractivity contribution in [2.45, 2.75) is 5.03 Å². The molecule has 0 aliphatic heterocycles. The lowest BCUT2D eigenvalue weighted by atomic mass is 10.2. The number of rotatable bonds is 4. The number of H-pyrrole nitrogens is 1. The van der Waals surface area contributed by atoms with Crippen molar-refractivity contribution in [2.75, 3.05) is 4.72 Å². The van der Waals surface area contributed by atoms with Gasteiger partial charge in [0.15, 0.2) is 5.03 Å². The van der Waals surface area contributed by atoms with E-state index in [-0.39, 0.29) is 16.3 Å². The summed E-state index contributed by atoms with van der Waals surface area (Å²) in [6.45, 7) is 0. The zero-order chi connectivity index (χ0) is 14.0. The highest BCUT2D eigenvalue weighted by atomic mass is 79.9. The van der Waals surface area contributed by atoms with Gasteiger partial charge in [0.05, 0.1) is 23.8 Å². The van der Waals surface area contributed by atoms with Gasteiger partial charge in [0, 0.05) is 4.47 Å². The third-order valence-electron chi connectivity index (χ3n) is 2.16. The van der Waals surface area contributed by atoms with Crippen molar-refractivity contribution in [3.8, 4) is 0 Å². The average Bonchev–Trinajstić information content (AvgIpc) is 2.81. The molecule has 0 aliphatic carbocycles. The molecule has 2 aromatic rings. The van der Waals surface area contributed by atoms with E-state index in [1.54, 1.807) is 0 Å². The normalized spacial score (nSPS) is 11.2. The molecule has 0 saturated carbocycles. The summed E-state index contributed by atoms with van der Waals surface area (Å²) in [5.74, 6) is -1.15. The van der Waals surface area contributed by atoms with Gasteiger partial charge >= 0.3 is 5.97 Å². The number of imidazole rings is 1. The number of aromatic nitrogens is 2. The number of halogens is 1. The highest BCUT2D eigenvalue weighted by molar-refractivity contribution is 9.10. The van der Waals surface area contributed by atoms with Crippen molar-refractivity contribution in [1.29, 1.82) is 0 Å². The topological polar surface area (TPSA) is 112 Å². The van der Waals surface area contributed by atoms with Gasteiger partial charge in [-0.1, -0.05) is 15.9 Å². The Bertz CT molecular complexity index is 712. The van der Waals surface area contributed by atoms with E-state index in [0.29, 0.717) is 4.47 Å². The largest absolute Gasteiger partial charge is 0.478 e. The fourth-order valence-electron chi connectivity index (χ4n) is 1.37. The number of carboxylic acid groups (broad SMARTS) is 1. The maximum atomic E-state index is 11.9. The molecule has 1 aromatic carbocycles. The number of hydrogen-bond acceptors (Lipinski definition) is 4. The fraction of sp³-hybridized carbons (Fsp3) is 0. The van der Waals surface area contributed by atoms with Crippen molar-refractivity contribution in [3.63, 3.8) is 0 Å². The number of aromatic carboxylic acids is 1. The predicted octanol–water partition coefficient (Wildman–Crippen LogP) is 1.67. The van der Waals surface area contributed by atoms with Crippen LogP contribution >= 0.6 is 15.9 Å². The van der Waals surface area contributed by atoms with Crippen LogP contribution in [0.3, 0.4) is 0 Å². The van der Waals surface area contributed by atoms with E-state index in [1.807, 2.05) is 0 Å². The molecule has 3 N–H and O–H groups in total. The molecular weight excluding hydrogens is 338 g/mol. The van der Waals surface area contributed by atoms with Gasteiger partial charge < -0.3 is 10.1 Å². The van der Waals surface area contributed by atoms with Gasteiger partial charge in [-0.2, -0.15) is 8.42 Å². The first-order valence-electron chi connectivity index (χ1n) is 4.93. The van der Waals surface area contributed by atoms with Gasteiger partial charge in [-0.3, -0.25) is 4.72 Å². The number of nitrogens with zero attached hydrogens (tertiary/aromatic N) is 1. The molecule has 0 fully saturated rings. The molecule has 1 heterocycles. The van der Waals surface area contributed by atoms with E-state index in [1.165, 1.54) is 24.5 Å². The molecule has 19 heavy (non-hydrogen) atoms. The van der Waals surface area contributed by atoms with Crippen LogP contribution in [0.15, 0.2) is 40.2 Å². The number of sulfonamides is 1. The molecule has 0 amide bonds. The minimum Gasteiger partial charge on any atom is -0.478 e. The maximum absolute atomic E-state index is 11.9. The maximum Gasteiger partial charge on any atom is 0.335 e. The van der Waals surface area contributed by atoms with Crippen LogP contribution in [-0.2, 0) is 10.0 Å². The summed E-state index contributed by atoms with van der Waals surface area (Å²) >= 11 is 3.12. The standard InChI is InChI=1S/C10H8BrN3O4S/c11-7-1-6(10(15)16)2-8(3-7)14-19(17,18)9-4-12-5-13-9/h1-5,14H,(H,12,13)(H,15,16).